The molecule has 0 atom stereocenters. The van der Waals surface area contributed by atoms with Crippen LogP contribution in [0.2, 0.25) is 0 Å². The van der Waals surface area contributed by atoms with E-state index in [4.69, 9.17) is 4.74 Å². The molecule has 0 saturated carbocycles. The van der Waals surface area contributed by atoms with Crippen LogP contribution < -0.4 is 4.90 Å². The van der Waals surface area contributed by atoms with Crippen molar-refractivity contribution < 1.29 is 14.5 Å². The largest absolute Gasteiger partial charge is 0.443 e. The maximum Gasteiger partial charge on any atom is 0.417 e. The number of nitrogens with zero attached hydrogens (tertiary/aromatic N) is 3. The quantitative estimate of drug-likeness (QED) is 0.613. The lowest BCUT2D eigenvalue weighted by atomic mass is 10.2. The van der Waals surface area contributed by atoms with Gasteiger partial charge >= 0.3 is 11.9 Å². The van der Waals surface area contributed by atoms with Crippen molar-refractivity contribution in [3.05, 3.63) is 28.3 Å². The highest BCUT2D eigenvalue weighted by Gasteiger charge is 2.24. The van der Waals surface area contributed by atoms with Crippen molar-refractivity contribution in [3.63, 3.8) is 0 Å². The van der Waals surface area contributed by atoms with Crippen LogP contribution in [0.15, 0.2) is 18.2 Å². The Morgan fingerprint density at radius 1 is 1.35 bits per heavy atom. The van der Waals surface area contributed by atoms with E-state index in [0.717, 1.165) is 4.90 Å². The molecule has 0 radical (unpaired) electrons. The second kappa shape index (κ2) is 7.42. The van der Waals surface area contributed by atoms with Crippen molar-refractivity contribution >= 4 is 17.7 Å². The van der Waals surface area contributed by atoms with Gasteiger partial charge in [-0.1, -0.05) is 13.8 Å². The fraction of sp³-hybridized carbons (Fsp3) is 0.538. The SMILES string of the molecule is CC.CN(C(=O)OC(C)(C)C)c1cccc([N+](=O)[O-])n1. The highest BCUT2D eigenvalue weighted by Crippen LogP contribution is 2.17. The zero-order chi connectivity index (χ0) is 15.9. The number of anilines is 1. The molecule has 0 aliphatic carbocycles. The summed E-state index contributed by atoms with van der Waals surface area (Å²) >= 11 is 0. The number of rotatable bonds is 2. The zero-order valence-electron chi connectivity index (χ0n) is 12.7. The van der Waals surface area contributed by atoms with Crippen molar-refractivity contribution in [2.45, 2.75) is 40.2 Å². The summed E-state index contributed by atoms with van der Waals surface area (Å²) in [6.07, 6.45) is -0.615. The van der Waals surface area contributed by atoms with Crippen LogP contribution in [0, 0.1) is 10.1 Å². The molecule has 0 aliphatic heterocycles. The zero-order valence-corrected chi connectivity index (χ0v) is 12.7. The van der Waals surface area contributed by atoms with E-state index in [-0.39, 0.29) is 11.6 Å². The Morgan fingerprint density at radius 3 is 2.35 bits per heavy atom. The molecule has 7 heteroatoms. The van der Waals surface area contributed by atoms with Gasteiger partial charge in [-0.25, -0.2) is 9.69 Å². The Morgan fingerprint density at radius 2 is 1.90 bits per heavy atom. The lowest BCUT2D eigenvalue weighted by Crippen LogP contribution is -2.34. The van der Waals surface area contributed by atoms with Crippen molar-refractivity contribution in [1.82, 2.24) is 4.98 Å². The predicted octanol–water partition coefficient (Wildman–Crippen LogP) is 3.39. The minimum absolute atomic E-state index is 0.165. The lowest BCUT2D eigenvalue weighted by molar-refractivity contribution is -0.389. The molecular weight excluding hydrogens is 262 g/mol. The number of hydrogen-bond acceptors (Lipinski definition) is 5. The van der Waals surface area contributed by atoms with E-state index in [0.29, 0.717) is 0 Å². The van der Waals surface area contributed by atoms with E-state index >= 15 is 0 Å². The van der Waals surface area contributed by atoms with Gasteiger partial charge in [0.05, 0.1) is 0 Å². The van der Waals surface area contributed by atoms with Gasteiger partial charge in [-0.05, 0) is 36.7 Å². The summed E-state index contributed by atoms with van der Waals surface area (Å²) in [6.45, 7) is 9.21. The monoisotopic (exact) mass is 283 g/mol. The topological polar surface area (TPSA) is 85.6 Å². The molecule has 0 bridgehead atoms. The van der Waals surface area contributed by atoms with Gasteiger partial charge in [0.15, 0.2) is 0 Å². The minimum Gasteiger partial charge on any atom is -0.443 e. The average Bonchev–Trinajstić information content (AvgIpc) is 2.38. The summed E-state index contributed by atoms with van der Waals surface area (Å²) in [5.41, 5.74) is -0.633. The summed E-state index contributed by atoms with van der Waals surface area (Å²) in [4.78, 5) is 26.6. The molecule has 0 saturated heterocycles. The van der Waals surface area contributed by atoms with E-state index < -0.39 is 16.6 Å². The Bertz CT molecular complexity index is 469. The van der Waals surface area contributed by atoms with Crippen LogP contribution in [-0.2, 0) is 4.74 Å². The summed E-state index contributed by atoms with van der Waals surface area (Å²) in [7, 11) is 1.44. The number of nitro groups is 1. The highest BCUT2D eigenvalue weighted by molar-refractivity contribution is 5.86. The summed E-state index contributed by atoms with van der Waals surface area (Å²) < 4.78 is 5.13. The van der Waals surface area contributed by atoms with Crippen LogP contribution in [0.3, 0.4) is 0 Å². The Kier molecular flexibility index (Phi) is 6.61. The number of aromatic nitrogens is 1. The van der Waals surface area contributed by atoms with E-state index in [9.17, 15) is 14.9 Å². The van der Waals surface area contributed by atoms with Gasteiger partial charge in [-0.3, -0.25) is 0 Å². The van der Waals surface area contributed by atoms with Gasteiger partial charge < -0.3 is 14.9 Å². The third-order valence-corrected chi connectivity index (χ3v) is 1.92. The third-order valence-electron chi connectivity index (χ3n) is 1.92. The fourth-order valence-corrected chi connectivity index (χ4v) is 1.12. The summed E-state index contributed by atoms with van der Waals surface area (Å²) in [5.74, 6) is -0.152. The maximum absolute atomic E-state index is 11.7. The molecule has 1 amide bonds. The molecule has 1 aromatic heterocycles. The van der Waals surface area contributed by atoms with E-state index in [1.165, 1.54) is 25.2 Å². The van der Waals surface area contributed by atoms with E-state index in [1.807, 2.05) is 13.8 Å². The summed E-state index contributed by atoms with van der Waals surface area (Å²) in [6, 6.07) is 4.21. The van der Waals surface area contributed by atoms with Crippen LogP contribution >= 0.6 is 0 Å². The maximum atomic E-state index is 11.7. The fourth-order valence-electron chi connectivity index (χ4n) is 1.12. The van der Waals surface area contributed by atoms with Crippen LogP contribution in [0.1, 0.15) is 34.6 Å². The predicted molar refractivity (Wildman–Crippen MR) is 76.9 cm³/mol. The number of amides is 1. The average molecular weight is 283 g/mol. The lowest BCUT2D eigenvalue weighted by Gasteiger charge is -2.22. The molecule has 112 valence electrons. The van der Waals surface area contributed by atoms with Gasteiger partial charge in [0.1, 0.15) is 5.60 Å². The van der Waals surface area contributed by atoms with Crippen molar-refractivity contribution in [2.75, 3.05) is 11.9 Å². The molecule has 0 spiro atoms. The molecule has 0 fully saturated rings. The first-order valence-corrected chi connectivity index (χ1v) is 6.29. The van der Waals surface area contributed by atoms with Crippen LogP contribution in [-0.4, -0.2) is 28.6 Å². The first kappa shape index (κ1) is 17.8. The molecule has 7 nitrogen and oxygen atoms in total. The van der Waals surface area contributed by atoms with Gasteiger partial charge in [0.2, 0.25) is 0 Å². The third kappa shape index (κ3) is 5.64. The van der Waals surface area contributed by atoms with Crippen molar-refractivity contribution in [1.29, 1.82) is 0 Å². The van der Waals surface area contributed by atoms with Crippen molar-refractivity contribution in [2.24, 2.45) is 0 Å². The second-order valence-electron chi connectivity index (χ2n) is 4.65. The van der Waals surface area contributed by atoms with Gasteiger partial charge in [0.25, 0.3) is 5.82 Å². The number of carbonyl (C=O) groups is 1. The van der Waals surface area contributed by atoms with Crippen LogP contribution in [0.5, 0.6) is 0 Å². The first-order valence-electron chi connectivity index (χ1n) is 6.29. The van der Waals surface area contributed by atoms with Crippen LogP contribution in [0.25, 0.3) is 0 Å². The number of carbonyl (C=O) groups excluding carboxylic acids is 1. The molecule has 0 aliphatic rings. The Balaban J connectivity index is 0.00000172. The molecule has 0 N–H and O–H groups in total. The second-order valence-corrected chi connectivity index (χ2v) is 4.65. The van der Waals surface area contributed by atoms with E-state index in [1.54, 1.807) is 20.8 Å². The summed E-state index contributed by atoms with van der Waals surface area (Å²) in [5, 5.41) is 10.6. The highest BCUT2D eigenvalue weighted by atomic mass is 16.6. The standard InChI is InChI=1S/C11H15N3O4.C2H6/c1-11(2,3)18-10(15)13(4)8-6-5-7-9(12-8)14(16)17;1-2/h5-7H,1-4H3;1-2H3. The van der Waals surface area contributed by atoms with Gasteiger partial charge in [-0.2, -0.15) is 0 Å². The van der Waals surface area contributed by atoms with Gasteiger partial charge in [0, 0.05) is 19.2 Å². The van der Waals surface area contributed by atoms with Gasteiger partial charge in [-0.15, -0.1) is 0 Å². The number of hydrogen-bond donors (Lipinski definition) is 0. The van der Waals surface area contributed by atoms with Crippen LogP contribution in [0.4, 0.5) is 16.4 Å². The minimum atomic E-state index is -0.633. The normalized spacial score (nSPS) is 10.1. The molecular formula is C13H21N3O4. The molecule has 1 heterocycles. The molecule has 0 aromatic carbocycles. The van der Waals surface area contributed by atoms with E-state index in [2.05, 4.69) is 4.98 Å². The molecule has 1 aromatic rings. The molecule has 0 unspecified atom stereocenters. The van der Waals surface area contributed by atoms with Crippen molar-refractivity contribution in [3.8, 4) is 0 Å². The number of ether oxygens (including phenoxy) is 1. The molecule has 1 rings (SSSR count). The first-order chi connectivity index (χ1) is 9.20. The number of pyridine rings is 1. The Hall–Kier alpha value is -2.18. The Labute approximate surface area is 118 Å². The molecule has 20 heavy (non-hydrogen) atoms. The smallest absolute Gasteiger partial charge is 0.417 e.